The quantitative estimate of drug-likeness (QED) is 0.666. The van der Waals surface area contributed by atoms with E-state index in [0.29, 0.717) is 12.5 Å². The van der Waals surface area contributed by atoms with Crippen LogP contribution in [0.1, 0.15) is 18.2 Å². The lowest BCUT2D eigenvalue weighted by molar-refractivity contribution is 0.00151. The molecule has 1 aromatic heterocycles. The van der Waals surface area contributed by atoms with Crippen molar-refractivity contribution in [1.29, 1.82) is 0 Å². The number of hydrogen-bond donors (Lipinski definition) is 0. The van der Waals surface area contributed by atoms with E-state index >= 15 is 0 Å². The Bertz CT molecular complexity index is 370. The van der Waals surface area contributed by atoms with Gasteiger partial charge in [-0.2, -0.15) is 5.10 Å². The van der Waals surface area contributed by atoms with Crippen LogP contribution in [0.2, 0.25) is 0 Å². The molecule has 1 unspecified atom stereocenters. The molecule has 1 aliphatic heterocycles. The van der Waals surface area contributed by atoms with Crippen molar-refractivity contribution in [2.75, 3.05) is 6.61 Å². The average molecular weight is 195 g/mol. The molecule has 0 aliphatic carbocycles. The van der Waals surface area contributed by atoms with Gasteiger partial charge in [0.2, 0.25) is 0 Å². The Morgan fingerprint density at radius 1 is 1.57 bits per heavy atom. The van der Waals surface area contributed by atoms with E-state index < -0.39 is 0 Å². The summed E-state index contributed by atoms with van der Waals surface area (Å²) < 4.78 is 7.17. The third kappa shape index (κ3) is 1.57. The smallest absolute Gasteiger partial charge is 0.261 e. The predicted molar refractivity (Wildman–Crippen MR) is 51.0 cm³/mol. The summed E-state index contributed by atoms with van der Waals surface area (Å²) in [7, 11) is 1.86. The lowest BCUT2D eigenvalue weighted by atomic mass is 10.2. The number of ether oxygens (including phenoxy) is 1. The number of nitrogens with zero attached hydrogens (tertiary/aromatic N) is 3. The third-order valence-electron chi connectivity index (χ3n) is 2.01. The first-order valence-corrected chi connectivity index (χ1v) is 4.54. The fraction of sp³-hybridized carbons (Fsp3) is 0.556. The van der Waals surface area contributed by atoms with Crippen LogP contribution in [0.25, 0.3) is 0 Å². The second-order valence-electron chi connectivity index (χ2n) is 3.43. The topological polar surface area (TPSA) is 48.6 Å². The van der Waals surface area contributed by atoms with Crippen molar-refractivity contribution in [3.63, 3.8) is 0 Å². The Hall–Kier alpha value is -1.52. The zero-order valence-corrected chi connectivity index (χ0v) is 8.52. The van der Waals surface area contributed by atoms with Crippen LogP contribution in [0.15, 0.2) is 11.4 Å². The summed E-state index contributed by atoms with van der Waals surface area (Å²) in [6.45, 7) is 4.36. The lowest BCUT2D eigenvalue weighted by Crippen LogP contribution is -2.24. The van der Waals surface area contributed by atoms with Gasteiger partial charge in [0.05, 0.1) is 11.3 Å². The van der Waals surface area contributed by atoms with Gasteiger partial charge in [-0.1, -0.05) is 0 Å². The van der Waals surface area contributed by atoms with Crippen molar-refractivity contribution in [2.45, 2.75) is 20.0 Å². The Morgan fingerprint density at radius 3 is 2.86 bits per heavy atom. The highest BCUT2D eigenvalue weighted by Gasteiger charge is 2.19. The van der Waals surface area contributed by atoms with E-state index in [4.69, 9.17) is 9.57 Å². The Labute approximate surface area is 82.3 Å². The molecule has 0 radical (unpaired) electrons. The van der Waals surface area contributed by atoms with Gasteiger partial charge in [0, 0.05) is 13.2 Å². The lowest BCUT2D eigenvalue weighted by Gasteiger charge is -2.18. The third-order valence-corrected chi connectivity index (χ3v) is 2.01. The van der Waals surface area contributed by atoms with Crippen LogP contribution in [0.4, 0.5) is 0 Å². The molecule has 0 fully saturated rings. The molecule has 76 valence electrons. The van der Waals surface area contributed by atoms with Crippen molar-refractivity contribution < 1.29 is 9.57 Å². The standard InChI is InChI=1S/C9H13N3O2/c1-6-5-13-9(11-14-6)8-4-12(3)10-7(8)2/h4,6H,5H2,1-3H3. The molecular formula is C9H13N3O2. The molecule has 5 heteroatoms. The largest absolute Gasteiger partial charge is 0.471 e. The first-order valence-electron chi connectivity index (χ1n) is 4.54. The molecule has 0 aromatic carbocycles. The van der Waals surface area contributed by atoms with E-state index in [-0.39, 0.29) is 6.10 Å². The van der Waals surface area contributed by atoms with Crippen LogP contribution in [-0.4, -0.2) is 28.4 Å². The Balaban J connectivity index is 2.27. The zero-order valence-electron chi connectivity index (χ0n) is 8.52. The molecule has 0 spiro atoms. The van der Waals surface area contributed by atoms with E-state index in [1.807, 2.05) is 27.1 Å². The number of rotatable bonds is 1. The van der Waals surface area contributed by atoms with Crippen LogP contribution < -0.4 is 0 Å². The van der Waals surface area contributed by atoms with Gasteiger partial charge in [-0.15, -0.1) is 0 Å². The SMILES string of the molecule is Cc1nn(C)cc1C1=NOC(C)CO1. The molecule has 2 rings (SSSR count). The number of hydrogen-bond acceptors (Lipinski definition) is 4. The van der Waals surface area contributed by atoms with E-state index in [0.717, 1.165) is 11.3 Å². The second-order valence-corrected chi connectivity index (χ2v) is 3.43. The van der Waals surface area contributed by atoms with Crippen LogP contribution in [-0.2, 0) is 16.6 Å². The molecule has 0 bridgehead atoms. The Morgan fingerprint density at radius 2 is 2.36 bits per heavy atom. The van der Waals surface area contributed by atoms with Crippen LogP contribution in [0.5, 0.6) is 0 Å². The maximum atomic E-state index is 5.44. The molecule has 2 heterocycles. The predicted octanol–water partition coefficient (Wildman–Crippen LogP) is 0.825. The number of oxime groups is 1. The summed E-state index contributed by atoms with van der Waals surface area (Å²) in [5.41, 5.74) is 1.78. The summed E-state index contributed by atoms with van der Waals surface area (Å²) in [4.78, 5) is 5.14. The number of aromatic nitrogens is 2. The summed E-state index contributed by atoms with van der Waals surface area (Å²) >= 11 is 0. The highest BCUT2D eigenvalue weighted by molar-refractivity contribution is 5.94. The fourth-order valence-corrected chi connectivity index (χ4v) is 1.33. The maximum absolute atomic E-state index is 5.44. The van der Waals surface area contributed by atoms with E-state index in [9.17, 15) is 0 Å². The van der Waals surface area contributed by atoms with E-state index in [1.165, 1.54) is 0 Å². The molecule has 1 aliphatic rings. The van der Waals surface area contributed by atoms with E-state index in [1.54, 1.807) is 4.68 Å². The minimum absolute atomic E-state index is 0.0238. The molecule has 5 nitrogen and oxygen atoms in total. The molecule has 1 atom stereocenters. The zero-order chi connectivity index (χ0) is 10.1. The van der Waals surface area contributed by atoms with Gasteiger partial charge < -0.3 is 9.57 Å². The summed E-state index contributed by atoms with van der Waals surface area (Å²) in [6, 6.07) is 0. The van der Waals surface area contributed by atoms with Crippen LogP contribution in [0, 0.1) is 6.92 Å². The van der Waals surface area contributed by atoms with Gasteiger partial charge in [-0.3, -0.25) is 4.68 Å². The number of aryl methyl sites for hydroxylation is 2. The van der Waals surface area contributed by atoms with Gasteiger partial charge in [0.25, 0.3) is 5.90 Å². The molecular weight excluding hydrogens is 182 g/mol. The molecule has 0 saturated heterocycles. The first kappa shape index (κ1) is 9.05. The minimum atomic E-state index is 0.0238. The van der Waals surface area contributed by atoms with Gasteiger partial charge in [-0.25, -0.2) is 0 Å². The summed E-state index contributed by atoms with van der Waals surface area (Å²) in [6.07, 6.45) is 1.89. The normalized spacial score (nSPS) is 21.1. The van der Waals surface area contributed by atoms with E-state index in [2.05, 4.69) is 10.3 Å². The van der Waals surface area contributed by atoms with Crippen LogP contribution in [0.3, 0.4) is 0 Å². The van der Waals surface area contributed by atoms with Gasteiger partial charge in [0.1, 0.15) is 6.61 Å². The molecule has 0 amide bonds. The van der Waals surface area contributed by atoms with Gasteiger partial charge >= 0.3 is 0 Å². The van der Waals surface area contributed by atoms with Crippen LogP contribution >= 0.6 is 0 Å². The molecule has 1 aromatic rings. The van der Waals surface area contributed by atoms with Crippen molar-refractivity contribution >= 4 is 5.90 Å². The van der Waals surface area contributed by atoms with Gasteiger partial charge in [0.15, 0.2) is 6.10 Å². The minimum Gasteiger partial charge on any atom is -0.471 e. The Kier molecular flexibility index (Phi) is 2.15. The fourth-order valence-electron chi connectivity index (χ4n) is 1.33. The van der Waals surface area contributed by atoms with Crippen molar-refractivity contribution in [2.24, 2.45) is 12.2 Å². The highest BCUT2D eigenvalue weighted by atomic mass is 16.7. The monoisotopic (exact) mass is 195 g/mol. The maximum Gasteiger partial charge on any atom is 0.261 e. The molecule has 0 saturated carbocycles. The van der Waals surface area contributed by atoms with Crippen molar-refractivity contribution in [1.82, 2.24) is 9.78 Å². The highest BCUT2D eigenvalue weighted by Crippen LogP contribution is 2.12. The second kappa shape index (κ2) is 3.32. The van der Waals surface area contributed by atoms with Crippen molar-refractivity contribution in [3.05, 3.63) is 17.5 Å². The summed E-state index contributed by atoms with van der Waals surface area (Å²) in [5.74, 6) is 0.522. The van der Waals surface area contributed by atoms with Crippen molar-refractivity contribution in [3.8, 4) is 0 Å². The summed E-state index contributed by atoms with van der Waals surface area (Å²) in [5, 5.41) is 8.10. The van der Waals surface area contributed by atoms with Gasteiger partial charge in [-0.05, 0) is 19.0 Å². The molecule has 0 N–H and O–H groups in total. The average Bonchev–Trinajstić information content (AvgIpc) is 2.47. The molecule has 14 heavy (non-hydrogen) atoms. The first-order chi connectivity index (χ1) is 6.66.